The molecule has 0 saturated carbocycles. The molecule has 0 aliphatic carbocycles. The number of rotatable bonds is 15. The molecule has 352 valence electrons. The van der Waals surface area contributed by atoms with Crippen molar-refractivity contribution >= 4 is 28.9 Å². The van der Waals surface area contributed by atoms with Crippen LogP contribution in [0.5, 0.6) is 0 Å². The zero-order chi connectivity index (χ0) is 48.9. The largest absolute Gasteiger partial charge is 0.435 e. The van der Waals surface area contributed by atoms with Crippen molar-refractivity contribution in [3.05, 3.63) is 220 Å². The number of methoxy groups -OCH3 is 1. The lowest BCUT2D eigenvalue weighted by atomic mass is 10.0. The molecule has 2 atom stereocenters. The topological polar surface area (TPSA) is 161 Å². The molecule has 8 rings (SSSR count). The van der Waals surface area contributed by atoms with Gasteiger partial charge in [0, 0.05) is 49.4 Å². The second-order valence-electron chi connectivity index (χ2n) is 15.8. The number of carbonyl (C=O) groups is 2. The number of benzene rings is 6. The SMILES string of the molecule is COC(c1ccccc1)c1cccc(NC(=O)c2cc(C(F)(F)F)nn2-c2cccc(CNc3ccc(C(O)c4cccc(NC(=O)c5cc(C(F)(F)F)nn5-c5cccc(CN)c5)c4)cc3)c2)c1. The molecule has 18 heteroatoms. The van der Waals surface area contributed by atoms with E-state index in [9.17, 15) is 41.0 Å². The number of carbonyl (C=O) groups excluding carboxylic acids is 2. The van der Waals surface area contributed by atoms with Crippen molar-refractivity contribution in [2.24, 2.45) is 5.73 Å². The zero-order valence-electron chi connectivity index (χ0n) is 36.5. The van der Waals surface area contributed by atoms with Crippen molar-refractivity contribution in [1.29, 1.82) is 0 Å². The van der Waals surface area contributed by atoms with Crippen molar-refractivity contribution in [1.82, 2.24) is 19.6 Å². The van der Waals surface area contributed by atoms with Crippen LogP contribution in [-0.4, -0.2) is 43.6 Å². The fraction of sp³-hybridized carbons (Fsp3) is 0.137. The van der Waals surface area contributed by atoms with Gasteiger partial charge in [-0.05, 0) is 94.0 Å². The van der Waals surface area contributed by atoms with Crippen LogP contribution in [0.1, 0.15) is 78.0 Å². The number of hydrogen-bond acceptors (Lipinski definition) is 8. The maximum atomic E-state index is 14.0. The predicted octanol–water partition coefficient (Wildman–Crippen LogP) is 10.5. The Bertz CT molecular complexity index is 3100. The number of hydrogen-bond donors (Lipinski definition) is 5. The van der Waals surface area contributed by atoms with Gasteiger partial charge in [-0.25, -0.2) is 9.36 Å². The smallest absolute Gasteiger partial charge is 0.384 e. The van der Waals surface area contributed by atoms with E-state index in [0.29, 0.717) is 45.8 Å². The fourth-order valence-electron chi connectivity index (χ4n) is 7.60. The van der Waals surface area contributed by atoms with Crippen LogP contribution in [0.2, 0.25) is 0 Å². The number of aromatic nitrogens is 4. The van der Waals surface area contributed by atoms with E-state index in [-0.39, 0.29) is 41.5 Å². The minimum atomic E-state index is -4.84. The highest BCUT2D eigenvalue weighted by molar-refractivity contribution is 6.04. The van der Waals surface area contributed by atoms with Gasteiger partial charge in [0.05, 0.1) is 11.4 Å². The highest BCUT2D eigenvalue weighted by atomic mass is 19.4. The van der Waals surface area contributed by atoms with Gasteiger partial charge in [0.1, 0.15) is 23.6 Å². The Kier molecular flexibility index (Phi) is 13.8. The number of halogens is 6. The number of alkyl halides is 6. The second-order valence-corrected chi connectivity index (χ2v) is 15.8. The molecule has 0 bridgehead atoms. The van der Waals surface area contributed by atoms with E-state index in [1.807, 2.05) is 36.4 Å². The molecule has 8 aromatic rings. The first-order valence-corrected chi connectivity index (χ1v) is 21.2. The molecule has 0 aliphatic heterocycles. The van der Waals surface area contributed by atoms with Crippen molar-refractivity contribution in [2.75, 3.05) is 23.1 Å². The minimum absolute atomic E-state index is 0.119. The maximum absolute atomic E-state index is 14.0. The number of nitrogens with zero attached hydrogens (tertiary/aromatic N) is 4. The van der Waals surface area contributed by atoms with E-state index in [4.69, 9.17) is 10.5 Å². The Labute approximate surface area is 391 Å². The Morgan fingerprint density at radius 3 is 1.61 bits per heavy atom. The zero-order valence-corrected chi connectivity index (χ0v) is 36.5. The van der Waals surface area contributed by atoms with Crippen molar-refractivity contribution in [3.8, 4) is 11.4 Å². The Morgan fingerprint density at radius 1 is 0.580 bits per heavy atom. The van der Waals surface area contributed by atoms with Crippen molar-refractivity contribution < 1.29 is 45.8 Å². The minimum Gasteiger partial charge on any atom is -0.384 e. The summed E-state index contributed by atoms with van der Waals surface area (Å²) in [4.78, 5) is 27.1. The van der Waals surface area contributed by atoms with Gasteiger partial charge in [-0.2, -0.15) is 36.5 Å². The van der Waals surface area contributed by atoms with E-state index in [1.54, 1.807) is 92.0 Å². The van der Waals surface area contributed by atoms with Crippen LogP contribution in [-0.2, 0) is 30.2 Å². The summed E-state index contributed by atoms with van der Waals surface area (Å²) in [6.45, 7) is 0.331. The number of nitrogens with one attached hydrogen (secondary N) is 3. The summed E-state index contributed by atoms with van der Waals surface area (Å²) in [6, 6.07) is 43.4. The summed E-state index contributed by atoms with van der Waals surface area (Å²) in [5, 5.41) is 27.3. The molecule has 6 N–H and O–H groups in total. The summed E-state index contributed by atoms with van der Waals surface area (Å²) in [7, 11) is 1.55. The number of aliphatic hydroxyl groups is 1. The summed E-state index contributed by atoms with van der Waals surface area (Å²) in [5.41, 5.74) is 7.80. The molecule has 0 aliphatic rings. The van der Waals surface area contributed by atoms with Crippen molar-refractivity contribution in [2.45, 2.75) is 37.7 Å². The number of amides is 2. The summed E-state index contributed by atoms with van der Waals surface area (Å²) >= 11 is 0. The highest BCUT2D eigenvalue weighted by Crippen LogP contribution is 2.33. The van der Waals surface area contributed by atoms with E-state index in [2.05, 4.69) is 26.1 Å². The molecule has 12 nitrogen and oxygen atoms in total. The highest BCUT2D eigenvalue weighted by Gasteiger charge is 2.37. The van der Waals surface area contributed by atoms with E-state index in [1.165, 1.54) is 30.3 Å². The molecule has 6 aromatic carbocycles. The van der Waals surface area contributed by atoms with Crippen LogP contribution in [0.15, 0.2) is 164 Å². The first-order valence-electron chi connectivity index (χ1n) is 21.2. The standard InChI is InChI=1S/C51H42F6N8O4/c1-69-47(34-11-3-2-4-12-34)36-14-8-16-39(26-36)61-49(68)43-28-45(51(55,56)57)63-65(43)41-18-6-10-32(24-41)30-59-37-21-19-33(20-22-37)46(66)35-13-7-15-38(25-35)60-48(67)42-27-44(50(52,53)54)62-64(42)40-17-5-9-31(23-40)29-58/h2-28,46-47,59,66H,29-30,58H2,1H3,(H,60,67)(H,61,68). The van der Waals surface area contributed by atoms with Gasteiger partial charge in [-0.15, -0.1) is 0 Å². The third kappa shape index (κ3) is 11.1. The monoisotopic (exact) mass is 944 g/mol. The van der Waals surface area contributed by atoms with Crippen LogP contribution < -0.4 is 21.7 Å². The van der Waals surface area contributed by atoms with Gasteiger partial charge in [-0.1, -0.05) is 91.0 Å². The quantitative estimate of drug-likeness (QED) is 0.0635. The molecule has 0 spiro atoms. The molecular weight excluding hydrogens is 903 g/mol. The van der Waals surface area contributed by atoms with Crippen LogP contribution >= 0.6 is 0 Å². The first kappa shape index (κ1) is 47.4. The van der Waals surface area contributed by atoms with Gasteiger partial charge >= 0.3 is 12.4 Å². The molecule has 2 aromatic heterocycles. The van der Waals surface area contributed by atoms with Gasteiger partial charge < -0.3 is 31.5 Å². The average molecular weight is 945 g/mol. The molecule has 2 amide bonds. The van der Waals surface area contributed by atoms with Crippen molar-refractivity contribution in [3.63, 3.8) is 0 Å². The normalized spacial score (nSPS) is 12.6. The number of anilines is 3. The summed E-state index contributed by atoms with van der Waals surface area (Å²) in [6.07, 6.45) is -11.3. The fourth-order valence-corrected chi connectivity index (χ4v) is 7.60. The number of ether oxygens (including phenoxy) is 1. The van der Waals surface area contributed by atoms with E-state index in [0.717, 1.165) is 20.5 Å². The number of aliphatic hydroxyl groups excluding tert-OH is 1. The van der Waals surface area contributed by atoms with Crippen LogP contribution in [0.25, 0.3) is 11.4 Å². The summed E-state index contributed by atoms with van der Waals surface area (Å²) < 4.78 is 90.8. The molecule has 0 radical (unpaired) electrons. The van der Waals surface area contributed by atoms with E-state index >= 15 is 0 Å². The predicted molar refractivity (Wildman–Crippen MR) is 247 cm³/mol. The molecular formula is C51H42F6N8O4. The van der Waals surface area contributed by atoms with E-state index < -0.39 is 47.8 Å². The maximum Gasteiger partial charge on any atom is 0.435 e. The number of nitrogens with two attached hydrogens (primary N) is 1. The Morgan fingerprint density at radius 2 is 1.07 bits per heavy atom. The Hall–Kier alpha value is -8.06. The lowest BCUT2D eigenvalue weighted by Gasteiger charge is -2.17. The third-order valence-corrected chi connectivity index (χ3v) is 11.0. The second kappa shape index (κ2) is 20.0. The molecule has 0 saturated heterocycles. The Balaban J connectivity index is 0.941. The summed E-state index contributed by atoms with van der Waals surface area (Å²) in [5.74, 6) is -1.69. The van der Waals surface area contributed by atoms with Crippen LogP contribution in [0.4, 0.5) is 43.4 Å². The van der Waals surface area contributed by atoms with Gasteiger partial charge in [0.2, 0.25) is 0 Å². The van der Waals surface area contributed by atoms with Crippen LogP contribution in [0.3, 0.4) is 0 Å². The molecule has 2 heterocycles. The molecule has 0 fully saturated rings. The van der Waals surface area contributed by atoms with Crippen LogP contribution in [0, 0.1) is 0 Å². The first-order chi connectivity index (χ1) is 33.1. The van der Waals surface area contributed by atoms with Gasteiger partial charge in [0.15, 0.2) is 11.4 Å². The van der Waals surface area contributed by atoms with Gasteiger partial charge in [0.25, 0.3) is 11.8 Å². The molecule has 2 unspecified atom stereocenters. The van der Waals surface area contributed by atoms with Gasteiger partial charge in [-0.3, -0.25) is 9.59 Å². The third-order valence-electron chi connectivity index (χ3n) is 11.0. The lowest BCUT2D eigenvalue weighted by Crippen LogP contribution is -2.17. The average Bonchev–Trinajstić information content (AvgIpc) is 4.02. The lowest BCUT2D eigenvalue weighted by molar-refractivity contribution is -0.142. The molecule has 69 heavy (non-hydrogen) atoms.